The van der Waals surface area contributed by atoms with Gasteiger partial charge < -0.3 is 14.8 Å². The molecule has 0 fully saturated rings. The summed E-state index contributed by atoms with van der Waals surface area (Å²) >= 11 is 0. The van der Waals surface area contributed by atoms with Crippen LogP contribution in [0.3, 0.4) is 0 Å². The van der Waals surface area contributed by atoms with E-state index < -0.39 is 11.9 Å². The van der Waals surface area contributed by atoms with Crippen molar-refractivity contribution in [2.24, 2.45) is 0 Å². The Morgan fingerprint density at radius 2 is 2.00 bits per heavy atom. The van der Waals surface area contributed by atoms with Crippen LogP contribution in [0, 0.1) is 0 Å². The van der Waals surface area contributed by atoms with Crippen molar-refractivity contribution in [3.8, 4) is 5.75 Å². The van der Waals surface area contributed by atoms with E-state index in [2.05, 4.69) is 5.32 Å². The number of hydrogen-bond donors (Lipinski definition) is 1. The van der Waals surface area contributed by atoms with E-state index in [1.54, 1.807) is 24.3 Å². The summed E-state index contributed by atoms with van der Waals surface area (Å²) in [5, 5.41) is 2.64. The fourth-order valence-corrected chi connectivity index (χ4v) is 1.44. The molecule has 20 heavy (non-hydrogen) atoms. The fourth-order valence-electron chi connectivity index (χ4n) is 1.44. The zero-order valence-corrected chi connectivity index (χ0v) is 11.7. The highest BCUT2D eigenvalue weighted by molar-refractivity contribution is 5.94. The molecule has 1 aromatic carbocycles. The summed E-state index contributed by atoms with van der Waals surface area (Å²) in [4.78, 5) is 22.9. The molecule has 1 rings (SSSR count). The first-order valence-electron chi connectivity index (χ1n) is 6.52. The molecule has 5 heteroatoms. The summed E-state index contributed by atoms with van der Waals surface area (Å²) in [6, 6.07) is 7.08. The molecule has 1 N–H and O–H groups in total. The van der Waals surface area contributed by atoms with Gasteiger partial charge in [-0.05, 0) is 25.5 Å². The minimum Gasteiger partial charge on any atom is -0.492 e. The number of para-hydroxylation sites is 2. The predicted octanol–water partition coefficient (Wildman–Crippen LogP) is 2.53. The second-order valence-corrected chi connectivity index (χ2v) is 3.90. The summed E-state index contributed by atoms with van der Waals surface area (Å²) in [7, 11) is 0. The standard InChI is InChI=1S/C15H19NO4/c1-3-5-10-15(18)20-11-14(17)16-12-8-6-7-9-13(12)19-4-2/h5-10H,3-4,11H2,1-2H3,(H,16,17)/b10-5+. The minimum atomic E-state index is -0.528. The van der Waals surface area contributed by atoms with Crippen LogP contribution < -0.4 is 10.1 Å². The topological polar surface area (TPSA) is 64.6 Å². The highest BCUT2D eigenvalue weighted by Crippen LogP contribution is 2.23. The number of benzene rings is 1. The number of rotatable bonds is 7. The summed E-state index contributed by atoms with van der Waals surface area (Å²) in [5.41, 5.74) is 0.555. The van der Waals surface area contributed by atoms with E-state index in [9.17, 15) is 9.59 Å². The van der Waals surface area contributed by atoms with E-state index in [4.69, 9.17) is 9.47 Å². The lowest BCUT2D eigenvalue weighted by Gasteiger charge is -2.11. The van der Waals surface area contributed by atoms with E-state index >= 15 is 0 Å². The molecule has 0 aromatic heterocycles. The van der Waals surface area contributed by atoms with Gasteiger partial charge in [0.15, 0.2) is 6.61 Å². The highest BCUT2D eigenvalue weighted by Gasteiger charge is 2.08. The molecule has 1 amide bonds. The molecule has 0 heterocycles. The second kappa shape index (κ2) is 8.74. The maximum atomic E-state index is 11.7. The second-order valence-electron chi connectivity index (χ2n) is 3.90. The van der Waals surface area contributed by atoms with Crippen LogP contribution in [0.5, 0.6) is 5.75 Å². The molecule has 0 radical (unpaired) electrons. The smallest absolute Gasteiger partial charge is 0.330 e. The van der Waals surface area contributed by atoms with Crippen molar-refractivity contribution in [1.82, 2.24) is 0 Å². The molecule has 0 bridgehead atoms. The largest absolute Gasteiger partial charge is 0.492 e. The third-order valence-corrected chi connectivity index (χ3v) is 2.30. The van der Waals surface area contributed by atoms with Gasteiger partial charge >= 0.3 is 5.97 Å². The van der Waals surface area contributed by atoms with Crippen LogP contribution in [0.1, 0.15) is 20.3 Å². The molecule has 0 aliphatic carbocycles. The number of anilines is 1. The van der Waals surface area contributed by atoms with Gasteiger partial charge in [0, 0.05) is 6.08 Å². The molecule has 1 aromatic rings. The molecule has 108 valence electrons. The van der Waals surface area contributed by atoms with Crippen LogP contribution in [0.2, 0.25) is 0 Å². The normalized spacial score (nSPS) is 10.3. The maximum absolute atomic E-state index is 11.7. The van der Waals surface area contributed by atoms with Crippen LogP contribution in [-0.2, 0) is 14.3 Å². The summed E-state index contributed by atoms with van der Waals surface area (Å²) in [5.74, 6) is -0.351. The van der Waals surface area contributed by atoms with Gasteiger partial charge in [-0.2, -0.15) is 0 Å². The Morgan fingerprint density at radius 3 is 2.70 bits per heavy atom. The average molecular weight is 277 g/mol. The lowest BCUT2D eigenvalue weighted by molar-refractivity contribution is -0.142. The minimum absolute atomic E-state index is 0.326. The van der Waals surface area contributed by atoms with Crippen LogP contribution in [-0.4, -0.2) is 25.1 Å². The van der Waals surface area contributed by atoms with Crippen molar-refractivity contribution in [2.45, 2.75) is 20.3 Å². The number of carbonyl (C=O) groups excluding carboxylic acids is 2. The van der Waals surface area contributed by atoms with E-state index in [0.29, 0.717) is 18.0 Å². The van der Waals surface area contributed by atoms with E-state index in [0.717, 1.165) is 6.42 Å². The quantitative estimate of drug-likeness (QED) is 0.614. The van der Waals surface area contributed by atoms with Crippen LogP contribution in [0.25, 0.3) is 0 Å². The van der Waals surface area contributed by atoms with E-state index in [1.807, 2.05) is 19.9 Å². The summed E-state index contributed by atoms with van der Waals surface area (Å²) < 4.78 is 10.2. The lowest BCUT2D eigenvalue weighted by Crippen LogP contribution is -2.20. The van der Waals surface area contributed by atoms with Crippen molar-refractivity contribution in [1.29, 1.82) is 0 Å². The Labute approximate surface area is 118 Å². The summed E-state index contributed by atoms with van der Waals surface area (Å²) in [6.45, 7) is 3.94. The van der Waals surface area contributed by atoms with Gasteiger partial charge in [-0.3, -0.25) is 4.79 Å². The molecule has 0 saturated heterocycles. The summed E-state index contributed by atoms with van der Waals surface area (Å²) in [6.07, 6.45) is 3.72. The number of amides is 1. The molecular weight excluding hydrogens is 258 g/mol. The number of allylic oxidation sites excluding steroid dienone is 1. The molecule has 0 saturated carbocycles. The zero-order valence-electron chi connectivity index (χ0n) is 11.7. The number of ether oxygens (including phenoxy) is 2. The van der Waals surface area contributed by atoms with Crippen molar-refractivity contribution in [3.05, 3.63) is 36.4 Å². The van der Waals surface area contributed by atoms with Crippen LogP contribution in [0.4, 0.5) is 5.69 Å². The number of nitrogens with one attached hydrogen (secondary N) is 1. The van der Waals surface area contributed by atoms with Gasteiger partial charge in [0.25, 0.3) is 5.91 Å². The number of hydrogen-bond acceptors (Lipinski definition) is 4. The van der Waals surface area contributed by atoms with Crippen LogP contribution in [0.15, 0.2) is 36.4 Å². The zero-order chi connectivity index (χ0) is 14.8. The Kier molecular flexibility index (Phi) is 6.89. The third-order valence-electron chi connectivity index (χ3n) is 2.30. The van der Waals surface area contributed by atoms with Gasteiger partial charge in [0.2, 0.25) is 0 Å². The van der Waals surface area contributed by atoms with Crippen LogP contribution >= 0.6 is 0 Å². The molecule has 0 spiro atoms. The van der Waals surface area contributed by atoms with Gasteiger partial charge in [0.1, 0.15) is 5.75 Å². The Bertz CT molecular complexity index is 483. The van der Waals surface area contributed by atoms with E-state index in [1.165, 1.54) is 6.08 Å². The average Bonchev–Trinajstić information content (AvgIpc) is 2.45. The Hall–Kier alpha value is -2.30. The third kappa shape index (κ3) is 5.56. The molecule has 5 nitrogen and oxygen atoms in total. The fraction of sp³-hybridized carbons (Fsp3) is 0.333. The first-order chi connectivity index (χ1) is 9.67. The van der Waals surface area contributed by atoms with Gasteiger partial charge in [-0.25, -0.2) is 4.79 Å². The highest BCUT2D eigenvalue weighted by atomic mass is 16.5. The Balaban J connectivity index is 2.50. The molecule has 0 aliphatic heterocycles. The molecular formula is C15H19NO4. The lowest BCUT2D eigenvalue weighted by atomic mass is 10.3. The number of esters is 1. The predicted molar refractivity (Wildman–Crippen MR) is 76.6 cm³/mol. The van der Waals surface area contributed by atoms with Gasteiger partial charge in [0.05, 0.1) is 12.3 Å². The SMILES string of the molecule is CC/C=C/C(=O)OCC(=O)Nc1ccccc1OCC. The Morgan fingerprint density at radius 1 is 1.25 bits per heavy atom. The van der Waals surface area contributed by atoms with Crippen molar-refractivity contribution in [3.63, 3.8) is 0 Å². The monoisotopic (exact) mass is 277 g/mol. The molecule has 0 atom stereocenters. The molecule has 0 unspecified atom stereocenters. The maximum Gasteiger partial charge on any atom is 0.330 e. The number of carbonyl (C=O) groups is 2. The van der Waals surface area contributed by atoms with Gasteiger partial charge in [-0.15, -0.1) is 0 Å². The van der Waals surface area contributed by atoms with Crippen molar-refractivity contribution >= 4 is 17.6 Å². The van der Waals surface area contributed by atoms with E-state index in [-0.39, 0.29) is 6.61 Å². The first-order valence-corrected chi connectivity index (χ1v) is 6.52. The first kappa shape index (κ1) is 15.8. The van der Waals surface area contributed by atoms with Gasteiger partial charge in [-0.1, -0.05) is 25.1 Å². The van der Waals surface area contributed by atoms with Crippen molar-refractivity contribution in [2.75, 3.05) is 18.5 Å². The molecule has 0 aliphatic rings. The van der Waals surface area contributed by atoms with Crippen molar-refractivity contribution < 1.29 is 19.1 Å².